The van der Waals surface area contributed by atoms with E-state index in [0.29, 0.717) is 21.9 Å². The van der Waals surface area contributed by atoms with Gasteiger partial charge in [0.05, 0.1) is 0 Å². The van der Waals surface area contributed by atoms with Gasteiger partial charge in [-0.1, -0.05) is 35.9 Å². The molecule has 0 amide bonds. The van der Waals surface area contributed by atoms with Gasteiger partial charge in [0.15, 0.2) is 15.9 Å². The van der Waals surface area contributed by atoms with Gasteiger partial charge in [-0.3, -0.25) is 9.98 Å². The van der Waals surface area contributed by atoms with Crippen LogP contribution in [0.1, 0.15) is 5.56 Å². The van der Waals surface area contributed by atoms with Crippen LogP contribution in [0.3, 0.4) is 0 Å². The molecule has 1 N–H and O–H groups in total. The van der Waals surface area contributed by atoms with Gasteiger partial charge < -0.3 is 8.98 Å². The minimum absolute atomic E-state index is 0.191. The molecule has 2 aromatic carbocycles. The molecule has 0 spiro atoms. The molecule has 0 bridgehead atoms. The Balaban J connectivity index is 2.02. The van der Waals surface area contributed by atoms with Crippen LogP contribution in [-0.2, 0) is 7.05 Å². The van der Waals surface area contributed by atoms with Crippen molar-refractivity contribution in [3.05, 3.63) is 70.4 Å². The fourth-order valence-corrected chi connectivity index (χ4v) is 3.05. The van der Waals surface area contributed by atoms with Crippen molar-refractivity contribution in [2.45, 2.75) is 6.92 Å². The molecule has 0 saturated heterocycles. The van der Waals surface area contributed by atoms with E-state index in [1.165, 1.54) is 0 Å². The molecule has 4 rings (SSSR count). The molecule has 25 heavy (non-hydrogen) atoms. The topological polar surface area (TPSA) is 59.7 Å². The number of oxazole rings is 1. The lowest BCUT2D eigenvalue weighted by Crippen LogP contribution is -2.23. The van der Waals surface area contributed by atoms with Gasteiger partial charge in [-0.05, 0) is 43.4 Å². The van der Waals surface area contributed by atoms with Crippen molar-refractivity contribution in [2.75, 3.05) is 0 Å². The second kappa shape index (κ2) is 5.82. The zero-order chi connectivity index (χ0) is 17.6. The smallest absolute Gasteiger partial charge is 0.229 e. The van der Waals surface area contributed by atoms with E-state index in [1.807, 2.05) is 68.6 Å². The van der Waals surface area contributed by atoms with Gasteiger partial charge in [0.2, 0.25) is 11.5 Å². The second-order valence-electron chi connectivity index (χ2n) is 5.90. The van der Waals surface area contributed by atoms with Crippen LogP contribution in [0.25, 0.3) is 28.4 Å². The molecule has 0 aliphatic carbocycles. The largest absolute Gasteiger partial charge is 0.430 e. The fourth-order valence-electron chi connectivity index (χ4n) is 2.77. The summed E-state index contributed by atoms with van der Waals surface area (Å²) in [5.74, 6) is 0.482. The molecular weight excluding hydrogens is 332 g/mol. The number of hydrogen-bond donors (Lipinski definition) is 1. The standard InChI is InChI=1S/C19H16N4OS/c1-12-8-10-14(11-9-12)23-16(20)15-17(22(2)19(23)25)21-18(24-15)13-6-4-3-5-7-13/h3-11,20H,1-2H3. The minimum Gasteiger partial charge on any atom is -0.430 e. The third-order valence-corrected chi connectivity index (χ3v) is 4.61. The van der Waals surface area contributed by atoms with Gasteiger partial charge in [-0.2, -0.15) is 4.98 Å². The average Bonchev–Trinajstić information content (AvgIpc) is 3.08. The first kappa shape index (κ1) is 15.5. The molecule has 124 valence electrons. The summed E-state index contributed by atoms with van der Waals surface area (Å²) < 4.78 is 9.88. The molecule has 5 nitrogen and oxygen atoms in total. The lowest BCUT2D eigenvalue weighted by atomic mass is 10.2. The third-order valence-electron chi connectivity index (χ3n) is 4.16. The second-order valence-corrected chi connectivity index (χ2v) is 6.26. The van der Waals surface area contributed by atoms with Gasteiger partial charge in [0.1, 0.15) is 0 Å². The average molecular weight is 348 g/mol. The summed E-state index contributed by atoms with van der Waals surface area (Å²) in [5, 5.41) is 8.59. The van der Waals surface area contributed by atoms with Crippen LogP contribution in [0.2, 0.25) is 0 Å². The lowest BCUT2D eigenvalue weighted by molar-refractivity contribution is 0.605. The molecule has 0 unspecified atom stereocenters. The van der Waals surface area contributed by atoms with Crippen molar-refractivity contribution in [2.24, 2.45) is 7.05 Å². The highest BCUT2D eigenvalue weighted by Gasteiger charge is 2.15. The van der Waals surface area contributed by atoms with Crippen LogP contribution in [0, 0.1) is 17.1 Å². The van der Waals surface area contributed by atoms with Crippen molar-refractivity contribution < 1.29 is 4.42 Å². The maximum absolute atomic E-state index is 8.59. The van der Waals surface area contributed by atoms with Gasteiger partial charge >= 0.3 is 0 Å². The van der Waals surface area contributed by atoms with Crippen LogP contribution in [0.4, 0.5) is 0 Å². The van der Waals surface area contributed by atoms with Crippen molar-refractivity contribution in [1.82, 2.24) is 14.1 Å². The first-order valence-electron chi connectivity index (χ1n) is 7.86. The summed E-state index contributed by atoms with van der Waals surface area (Å²) in [5.41, 5.74) is 4.02. The zero-order valence-corrected chi connectivity index (χ0v) is 14.7. The van der Waals surface area contributed by atoms with Crippen LogP contribution in [0.5, 0.6) is 0 Å². The highest BCUT2D eigenvalue weighted by atomic mass is 32.1. The molecule has 0 aliphatic heterocycles. The molecule has 2 heterocycles. The highest BCUT2D eigenvalue weighted by molar-refractivity contribution is 7.71. The van der Waals surface area contributed by atoms with Crippen molar-refractivity contribution >= 4 is 23.4 Å². The minimum atomic E-state index is 0.191. The van der Waals surface area contributed by atoms with Crippen LogP contribution in [-0.4, -0.2) is 14.1 Å². The summed E-state index contributed by atoms with van der Waals surface area (Å²) in [7, 11) is 1.84. The molecule has 0 radical (unpaired) electrons. The number of aryl methyl sites for hydroxylation is 2. The molecule has 0 fully saturated rings. The van der Waals surface area contributed by atoms with E-state index in [1.54, 1.807) is 9.13 Å². The van der Waals surface area contributed by atoms with E-state index >= 15 is 0 Å². The van der Waals surface area contributed by atoms with E-state index < -0.39 is 0 Å². The van der Waals surface area contributed by atoms with E-state index in [0.717, 1.165) is 16.8 Å². The lowest BCUT2D eigenvalue weighted by Gasteiger charge is -2.10. The number of rotatable bonds is 2. The van der Waals surface area contributed by atoms with Gasteiger partial charge in [0.25, 0.3) is 0 Å². The Morgan fingerprint density at radius 1 is 1.04 bits per heavy atom. The van der Waals surface area contributed by atoms with E-state index in [2.05, 4.69) is 4.98 Å². The molecule has 0 saturated carbocycles. The highest BCUT2D eigenvalue weighted by Crippen LogP contribution is 2.22. The number of nitrogens with one attached hydrogen (secondary N) is 1. The van der Waals surface area contributed by atoms with Crippen LogP contribution in [0.15, 0.2) is 59.0 Å². The Morgan fingerprint density at radius 2 is 1.72 bits per heavy atom. The van der Waals surface area contributed by atoms with E-state index in [4.69, 9.17) is 22.0 Å². The predicted octanol–water partition coefficient (Wildman–Crippen LogP) is 4.14. The third kappa shape index (κ3) is 2.51. The number of nitrogens with zero attached hydrogens (tertiary/aromatic N) is 3. The summed E-state index contributed by atoms with van der Waals surface area (Å²) in [6, 6.07) is 17.5. The molecular formula is C19H16N4OS. The predicted molar refractivity (Wildman–Crippen MR) is 99.2 cm³/mol. The van der Waals surface area contributed by atoms with Crippen LogP contribution >= 0.6 is 12.2 Å². The Kier molecular flexibility index (Phi) is 3.62. The summed E-state index contributed by atoms with van der Waals surface area (Å²) in [6.45, 7) is 2.02. The molecule has 0 atom stereocenters. The quantitative estimate of drug-likeness (QED) is 0.554. The van der Waals surface area contributed by atoms with Crippen molar-refractivity contribution in [1.29, 1.82) is 5.41 Å². The maximum Gasteiger partial charge on any atom is 0.229 e. The Bertz CT molecular complexity index is 1180. The van der Waals surface area contributed by atoms with Crippen molar-refractivity contribution in [3.63, 3.8) is 0 Å². The first-order valence-corrected chi connectivity index (χ1v) is 8.27. The maximum atomic E-state index is 8.59. The molecule has 0 aliphatic rings. The molecule has 6 heteroatoms. The van der Waals surface area contributed by atoms with Gasteiger partial charge in [-0.25, -0.2) is 0 Å². The summed E-state index contributed by atoms with van der Waals surface area (Å²) in [6.07, 6.45) is 0. The van der Waals surface area contributed by atoms with E-state index in [-0.39, 0.29) is 5.49 Å². The molecule has 4 aromatic rings. The number of benzene rings is 2. The fraction of sp³-hybridized carbons (Fsp3) is 0.105. The summed E-state index contributed by atoms with van der Waals surface area (Å²) >= 11 is 5.57. The Hall–Kier alpha value is -2.99. The van der Waals surface area contributed by atoms with Gasteiger partial charge in [-0.15, -0.1) is 0 Å². The normalized spacial score (nSPS) is 11.1. The molecule has 2 aromatic heterocycles. The SMILES string of the molecule is Cc1ccc(-n2c(=N)c3oc(-c4ccccc4)nc3n(C)c2=S)cc1. The van der Waals surface area contributed by atoms with Crippen LogP contribution < -0.4 is 5.49 Å². The van der Waals surface area contributed by atoms with Crippen molar-refractivity contribution in [3.8, 4) is 17.1 Å². The zero-order valence-electron chi connectivity index (χ0n) is 13.9. The number of aromatic nitrogens is 3. The summed E-state index contributed by atoms with van der Waals surface area (Å²) in [4.78, 5) is 4.55. The first-order chi connectivity index (χ1) is 12.1. The van der Waals surface area contributed by atoms with E-state index in [9.17, 15) is 0 Å². The Morgan fingerprint density at radius 3 is 2.40 bits per heavy atom. The number of fused-ring (bicyclic) bond motifs is 1. The Labute approximate surface area is 149 Å². The number of hydrogen-bond acceptors (Lipinski definition) is 4. The van der Waals surface area contributed by atoms with Gasteiger partial charge in [0, 0.05) is 18.3 Å². The monoisotopic (exact) mass is 348 g/mol.